The number of piperidine rings is 1. The van der Waals surface area contributed by atoms with Crippen LogP contribution in [0.15, 0.2) is 60.7 Å². The number of nitrogens with zero attached hydrogens (tertiary/aromatic N) is 1. The summed E-state index contributed by atoms with van der Waals surface area (Å²) in [6.45, 7) is 5.31. The highest BCUT2D eigenvalue weighted by Crippen LogP contribution is 2.31. The molecule has 4 nitrogen and oxygen atoms in total. The SMILES string of the molecule is Cc1cc(CN2CCCCC2C(=O)O)c(OCCCF)cc1C=Cc1cccc(-c2ccccc2)c1C. The third-order valence-corrected chi connectivity index (χ3v) is 7.16. The molecule has 0 radical (unpaired) electrons. The zero-order valence-corrected chi connectivity index (χ0v) is 21.8. The van der Waals surface area contributed by atoms with Crippen LogP contribution in [-0.2, 0) is 11.3 Å². The molecule has 1 saturated heterocycles. The van der Waals surface area contributed by atoms with Gasteiger partial charge in [0.05, 0.1) is 13.3 Å². The van der Waals surface area contributed by atoms with E-state index >= 15 is 0 Å². The van der Waals surface area contributed by atoms with Crippen LogP contribution in [0.2, 0.25) is 0 Å². The van der Waals surface area contributed by atoms with Crippen molar-refractivity contribution in [3.63, 3.8) is 0 Å². The minimum absolute atomic E-state index is 0.288. The monoisotopic (exact) mass is 501 g/mol. The van der Waals surface area contributed by atoms with Crippen LogP contribution >= 0.6 is 0 Å². The lowest BCUT2D eigenvalue weighted by molar-refractivity contribution is -0.144. The van der Waals surface area contributed by atoms with E-state index in [0.717, 1.165) is 41.6 Å². The normalized spacial score (nSPS) is 16.2. The molecule has 1 N–H and O–H groups in total. The fraction of sp³-hybridized carbons (Fsp3) is 0.344. The number of ether oxygens (including phenoxy) is 1. The fourth-order valence-corrected chi connectivity index (χ4v) is 5.06. The first-order valence-corrected chi connectivity index (χ1v) is 13.1. The molecule has 1 heterocycles. The van der Waals surface area contributed by atoms with Gasteiger partial charge < -0.3 is 9.84 Å². The van der Waals surface area contributed by atoms with Gasteiger partial charge in [0.2, 0.25) is 0 Å². The highest BCUT2D eigenvalue weighted by Gasteiger charge is 2.29. The minimum atomic E-state index is -0.774. The molecule has 0 saturated carbocycles. The Morgan fingerprint density at radius 1 is 1.05 bits per heavy atom. The topological polar surface area (TPSA) is 49.8 Å². The zero-order valence-electron chi connectivity index (χ0n) is 21.8. The summed E-state index contributed by atoms with van der Waals surface area (Å²) in [5.41, 5.74) is 7.81. The van der Waals surface area contributed by atoms with E-state index in [1.54, 1.807) is 0 Å². The number of aliphatic carboxylic acids is 1. The molecular formula is C32H36FNO3. The van der Waals surface area contributed by atoms with Gasteiger partial charge in [-0.3, -0.25) is 14.1 Å². The zero-order chi connectivity index (χ0) is 26.2. The third kappa shape index (κ3) is 6.66. The lowest BCUT2D eigenvalue weighted by Gasteiger charge is -2.33. The van der Waals surface area contributed by atoms with Crippen LogP contribution in [0.3, 0.4) is 0 Å². The van der Waals surface area contributed by atoms with Gasteiger partial charge in [0.25, 0.3) is 0 Å². The van der Waals surface area contributed by atoms with E-state index in [0.29, 0.717) is 25.1 Å². The van der Waals surface area contributed by atoms with Crippen LogP contribution in [0.4, 0.5) is 4.39 Å². The summed E-state index contributed by atoms with van der Waals surface area (Å²) < 4.78 is 18.8. The lowest BCUT2D eigenvalue weighted by atomic mass is 9.95. The summed E-state index contributed by atoms with van der Waals surface area (Å²) in [5, 5.41) is 9.70. The molecule has 3 aromatic rings. The van der Waals surface area contributed by atoms with Gasteiger partial charge in [-0.25, -0.2) is 0 Å². The Kier molecular flexibility index (Phi) is 9.13. The maximum Gasteiger partial charge on any atom is 0.320 e. The van der Waals surface area contributed by atoms with Gasteiger partial charge in [0.1, 0.15) is 11.8 Å². The Morgan fingerprint density at radius 3 is 2.59 bits per heavy atom. The summed E-state index contributed by atoms with van der Waals surface area (Å²) in [7, 11) is 0. The number of hydrogen-bond acceptors (Lipinski definition) is 3. The van der Waals surface area contributed by atoms with Crippen LogP contribution in [0.1, 0.15) is 53.5 Å². The standard InChI is InChI=1S/C32H36FNO3/c1-23-20-28(22-34-18-7-6-14-30(34)32(35)36)31(37-19-9-17-33)21-27(23)16-15-25-12-8-13-29(24(25)2)26-10-4-3-5-11-26/h3-5,8,10-13,15-16,20-21,30H,6-7,9,14,17-19,22H2,1-2H3,(H,35,36). The summed E-state index contributed by atoms with van der Waals surface area (Å²) in [5.74, 6) is -0.0767. The Bertz CT molecular complexity index is 1240. The maximum absolute atomic E-state index is 12.8. The number of aryl methyl sites for hydroxylation is 1. The molecule has 0 bridgehead atoms. The van der Waals surface area contributed by atoms with Gasteiger partial charge in [-0.15, -0.1) is 0 Å². The number of alkyl halides is 1. The van der Waals surface area contributed by atoms with Crippen molar-refractivity contribution < 1.29 is 19.0 Å². The van der Waals surface area contributed by atoms with Crippen LogP contribution in [0.5, 0.6) is 5.75 Å². The largest absolute Gasteiger partial charge is 0.493 e. The van der Waals surface area contributed by atoms with E-state index in [9.17, 15) is 14.3 Å². The van der Waals surface area contributed by atoms with Crippen molar-refractivity contribution in [3.05, 3.63) is 88.5 Å². The first-order chi connectivity index (χ1) is 18.0. The number of carboxylic acids is 1. The summed E-state index contributed by atoms with van der Waals surface area (Å²) in [6, 6.07) is 20.3. The van der Waals surface area contributed by atoms with Gasteiger partial charge in [0.15, 0.2) is 0 Å². The molecule has 194 valence electrons. The molecule has 1 unspecified atom stereocenters. The van der Waals surface area contributed by atoms with Gasteiger partial charge in [0, 0.05) is 18.5 Å². The van der Waals surface area contributed by atoms with Crippen molar-refractivity contribution in [1.29, 1.82) is 0 Å². The second-order valence-corrected chi connectivity index (χ2v) is 9.75. The quantitative estimate of drug-likeness (QED) is 0.234. The van der Waals surface area contributed by atoms with Crippen LogP contribution in [0, 0.1) is 13.8 Å². The number of hydrogen-bond donors (Lipinski definition) is 1. The second kappa shape index (κ2) is 12.7. The number of rotatable bonds is 10. The molecule has 1 aliphatic heterocycles. The van der Waals surface area contributed by atoms with Crippen LogP contribution in [0.25, 0.3) is 23.3 Å². The van der Waals surface area contributed by atoms with Crippen molar-refractivity contribution in [2.75, 3.05) is 19.8 Å². The molecule has 0 spiro atoms. The van der Waals surface area contributed by atoms with Gasteiger partial charge in [-0.05, 0) is 72.7 Å². The van der Waals surface area contributed by atoms with E-state index in [1.165, 1.54) is 16.7 Å². The van der Waals surface area contributed by atoms with Crippen molar-refractivity contribution in [2.24, 2.45) is 0 Å². The Balaban J connectivity index is 1.63. The lowest BCUT2D eigenvalue weighted by Crippen LogP contribution is -2.44. The minimum Gasteiger partial charge on any atom is -0.493 e. The molecule has 1 atom stereocenters. The molecule has 0 aromatic heterocycles. The van der Waals surface area contributed by atoms with Crippen molar-refractivity contribution in [2.45, 2.75) is 52.1 Å². The number of carbonyl (C=O) groups is 1. The van der Waals surface area contributed by atoms with Crippen molar-refractivity contribution in [3.8, 4) is 16.9 Å². The molecular weight excluding hydrogens is 465 g/mol. The summed E-state index contributed by atoms with van der Waals surface area (Å²) in [4.78, 5) is 13.8. The summed E-state index contributed by atoms with van der Waals surface area (Å²) >= 11 is 0. The number of benzene rings is 3. The average molecular weight is 502 g/mol. The van der Waals surface area contributed by atoms with Crippen LogP contribution in [-0.4, -0.2) is 41.8 Å². The predicted octanol–water partition coefficient (Wildman–Crippen LogP) is 7.32. The van der Waals surface area contributed by atoms with Gasteiger partial charge >= 0.3 is 5.97 Å². The molecule has 1 fully saturated rings. The average Bonchev–Trinajstić information content (AvgIpc) is 2.90. The predicted molar refractivity (Wildman–Crippen MR) is 148 cm³/mol. The first kappa shape index (κ1) is 26.6. The second-order valence-electron chi connectivity index (χ2n) is 9.75. The Hall–Kier alpha value is -3.44. The number of carboxylic acid groups (broad SMARTS) is 1. The highest BCUT2D eigenvalue weighted by molar-refractivity contribution is 5.78. The van der Waals surface area contributed by atoms with Gasteiger partial charge in [-0.1, -0.05) is 73.2 Å². The van der Waals surface area contributed by atoms with Crippen LogP contribution < -0.4 is 4.74 Å². The van der Waals surface area contributed by atoms with E-state index in [-0.39, 0.29) is 6.61 Å². The number of likely N-dealkylation sites (tertiary alicyclic amines) is 1. The summed E-state index contributed by atoms with van der Waals surface area (Å²) in [6.07, 6.45) is 7.13. The number of halogens is 1. The fourth-order valence-electron chi connectivity index (χ4n) is 5.06. The van der Waals surface area contributed by atoms with Gasteiger partial charge in [-0.2, -0.15) is 0 Å². The highest BCUT2D eigenvalue weighted by atomic mass is 19.1. The van der Waals surface area contributed by atoms with Crippen molar-refractivity contribution in [1.82, 2.24) is 4.90 Å². The Labute approximate surface area is 219 Å². The maximum atomic E-state index is 12.8. The molecule has 0 aliphatic carbocycles. The molecule has 4 rings (SSSR count). The van der Waals surface area contributed by atoms with Crippen molar-refractivity contribution >= 4 is 18.1 Å². The van der Waals surface area contributed by atoms with E-state index in [2.05, 4.69) is 74.5 Å². The molecule has 0 amide bonds. The Morgan fingerprint density at radius 2 is 1.84 bits per heavy atom. The third-order valence-electron chi connectivity index (χ3n) is 7.16. The van der Waals surface area contributed by atoms with E-state index < -0.39 is 18.7 Å². The molecule has 1 aliphatic rings. The molecule has 3 aromatic carbocycles. The first-order valence-electron chi connectivity index (χ1n) is 13.1. The van der Waals surface area contributed by atoms with E-state index in [4.69, 9.17) is 4.74 Å². The molecule has 37 heavy (non-hydrogen) atoms. The van der Waals surface area contributed by atoms with E-state index in [1.807, 2.05) is 17.0 Å². The molecule has 5 heteroatoms. The smallest absolute Gasteiger partial charge is 0.320 e.